The van der Waals surface area contributed by atoms with Crippen molar-refractivity contribution in [3.8, 4) is 0 Å². The van der Waals surface area contributed by atoms with Crippen LogP contribution in [0.15, 0.2) is 17.5 Å². The van der Waals surface area contributed by atoms with Crippen molar-refractivity contribution in [1.82, 2.24) is 10.2 Å². The fourth-order valence-corrected chi connectivity index (χ4v) is 3.32. The number of amides is 2. The van der Waals surface area contributed by atoms with Crippen molar-refractivity contribution < 1.29 is 9.59 Å². The molecule has 0 radical (unpaired) electrons. The van der Waals surface area contributed by atoms with E-state index in [1.165, 1.54) is 0 Å². The van der Waals surface area contributed by atoms with Gasteiger partial charge >= 0.3 is 0 Å². The van der Waals surface area contributed by atoms with Crippen LogP contribution in [0.2, 0.25) is 0 Å². The summed E-state index contributed by atoms with van der Waals surface area (Å²) in [5.41, 5.74) is 0. The van der Waals surface area contributed by atoms with Crippen LogP contribution in [-0.4, -0.2) is 30.3 Å². The van der Waals surface area contributed by atoms with Crippen molar-refractivity contribution in [1.29, 1.82) is 0 Å². The number of hydrogen-bond donors (Lipinski definition) is 1. The summed E-state index contributed by atoms with van der Waals surface area (Å²) in [5, 5.41) is 4.93. The second kappa shape index (κ2) is 5.74. The fourth-order valence-electron chi connectivity index (χ4n) is 2.39. The monoisotopic (exact) mass is 280 g/mol. The lowest BCUT2D eigenvalue weighted by Crippen LogP contribution is -2.36. The fraction of sp³-hybridized carbons (Fsp3) is 0.571. The third kappa shape index (κ3) is 2.97. The Morgan fingerprint density at radius 2 is 2.32 bits per heavy atom. The number of likely N-dealkylation sites (tertiary alicyclic amines) is 1. The Bertz CT molecular complexity index is 456. The molecule has 2 amide bonds. The molecule has 1 aromatic heterocycles. The van der Waals surface area contributed by atoms with E-state index in [2.05, 4.69) is 19.2 Å². The molecule has 1 aliphatic heterocycles. The molecule has 0 unspecified atom stereocenters. The molecule has 2 heterocycles. The minimum Gasteiger partial charge on any atom is -0.356 e. The van der Waals surface area contributed by atoms with Gasteiger partial charge in [0.15, 0.2) is 0 Å². The molecule has 0 aromatic carbocycles. The smallest absolute Gasteiger partial charge is 0.226 e. The maximum atomic E-state index is 12.3. The molecule has 19 heavy (non-hydrogen) atoms. The Hall–Kier alpha value is -1.36. The number of carbonyl (C=O) groups is 2. The van der Waals surface area contributed by atoms with Crippen molar-refractivity contribution >= 4 is 23.2 Å². The summed E-state index contributed by atoms with van der Waals surface area (Å²) in [6.07, 6.45) is 0.309. The van der Waals surface area contributed by atoms with Gasteiger partial charge in [-0.3, -0.25) is 9.59 Å². The van der Waals surface area contributed by atoms with Gasteiger partial charge in [0.1, 0.15) is 0 Å². The molecule has 1 saturated heterocycles. The molecule has 0 aliphatic carbocycles. The average molecular weight is 280 g/mol. The standard InChI is InChI=1S/C14H20N2O2S/c1-9(2)8-15-14(18)10-7-12(17)16(3)13(10)11-5-4-6-19-11/h4-6,9-10,13H,7-8H2,1-3H3,(H,15,18)/t10-,13-/m1/s1. The Labute approximate surface area is 117 Å². The Morgan fingerprint density at radius 3 is 2.89 bits per heavy atom. The van der Waals surface area contributed by atoms with Crippen molar-refractivity contribution in [2.75, 3.05) is 13.6 Å². The highest BCUT2D eigenvalue weighted by molar-refractivity contribution is 7.10. The quantitative estimate of drug-likeness (QED) is 0.917. The lowest BCUT2D eigenvalue weighted by molar-refractivity contribution is -0.128. The molecule has 1 aromatic rings. The van der Waals surface area contributed by atoms with E-state index in [-0.39, 0.29) is 23.8 Å². The highest BCUT2D eigenvalue weighted by atomic mass is 32.1. The lowest BCUT2D eigenvalue weighted by atomic mass is 9.97. The van der Waals surface area contributed by atoms with E-state index >= 15 is 0 Å². The van der Waals surface area contributed by atoms with E-state index in [0.29, 0.717) is 18.9 Å². The van der Waals surface area contributed by atoms with Gasteiger partial charge in [0.05, 0.1) is 12.0 Å². The number of rotatable bonds is 4. The van der Waals surface area contributed by atoms with Gasteiger partial charge in [-0.15, -0.1) is 11.3 Å². The average Bonchev–Trinajstić information content (AvgIpc) is 2.96. The second-order valence-corrected chi connectivity index (χ2v) is 6.39. The van der Waals surface area contributed by atoms with Gasteiger partial charge in [-0.2, -0.15) is 0 Å². The molecule has 2 atom stereocenters. The van der Waals surface area contributed by atoms with Crippen LogP contribution in [0.5, 0.6) is 0 Å². The third-order valence-electron chi connectivity index (χ3n) is 3.44. The van der Waals surface area contributed by atoms with Gasteiger partial charge in [-0.05, 0) is 17.4 Å². The molecule has 4 nitrogen and oxygen atoms in total. The summed E-state index contributed by atoms with van der Waals surface area (Å²) in [4.78, 5) is 26.9. The van der Waals surface area contributed by atoms with E-state index in [0.717, 1.165) is 4.88 Å². The summed E-state index contributed by atoms with van der Waals surface area (Å²) in [7, 11) is 1.78. The zero-order chi connectivity index (χ0) is 14.0. The molecule has 1 aliphatic rings. The predicted octanol–water partition coefficient (Wildman–Crippen LogP) is 2.04. The van der Waals surface area contributed by atoms with Crippen LogP contribution in [0.25, 0.3) is 0 Å². The normalized spacial score (nSPS) is 23.2. The van der Waals surface area contributed by atoms with E-state index < -0.39 is 0 Å². The highest BCUT2D eigenvalue weighted by Crippen LogP contribution is 2.38. The molecule has 0 bridgehead atoms. The van der Waals surface area contributed by atoms with Crippen LogP contribution in [0, 0.1) is 11.8 Å². The molecule has 1 N–H and O–H groups in total. The lowest BCUT2D eigenvalue weighted by Gasteiger charge is -2.23. The number of hydrogen-bond acceptors (Lipinski definition) is 3. The van der Waals surface area contributed by atoms with Gasteiger partial charge < -0.3 is 10.2 Å². The van der Waals surface area contributed by atoms with Gasteiger partial charge in [0.25, 0.3) is 0 Å². The topological polar surface area (TPSA) is 49.4 Å². The van der Waals surface area contributed by atoms with E-state index in [1.807, 2.05) is 17.5 Å². The molecule has 5 heteroatoms. The van der Waals surface area contributed by atoms with Crippen molar-refractivity contribution in [3.05, 3.63) is 22.4 Å². The summed E-state index contributed by atoms with van der Waals surface area (Å²) in [6, 6.07) is 3.84. The van der Waals surface area contributed by atoms with Crippen molar-refractivity contribution in [3.63, 3.8) is 0 Å². The van der Waals surface area contributed by atoms with Crippen LogP contribution in [0.4, 0.5) is 0 Å². The van der Waals surface area contributed by atoms with E-state index in [4.69, 9.17) is 0 Å². The molecule has 0 saturated carbocycles. The minimum atomic E-state index is -0.269. The molecule has 104 valence electrons. The van der Waals surface area contributed by atoms with Gasteiger partial charge in [-0.25, -0.2) is 0 Å². The van der Waals surface area contributed by atoms with Crippen LogP contribution >= 0.6 is 11.3 Å². The van der Waals surface area contributed by atoms with Gasteiger partial charge in [-0.1, -0.05) is 19.9 Å². The van der Waals surface area contributed by atoms with Crippen molar-refractivity contribution in [2.45, 2.75) is 26.3 Å². The number of nitrogens with zero attached hydrogens (tertiary/aromatic N) is 1. The molecular weight excluding hydrogens is 260 g/mol. The largest absolute Gasteiger partial charge is 0.356 e. The third-order valence-corrected chi connectivity index (χ3v) is 4.39. The van der Waals surface area contributed by atoms with Gasteiger partial charge in [0.2, 0.25) is 11.8 Å². The zero-order valence-electron chi connectivity index (χ0n) is 11.6. The van der Waals surface area contributed by atoms with Crippen LogP contribution in [0.3, 0.4) is 0 Å². The van der Waals surface area contributed by atoms with Crippen LogP contribution in [0.1, 0.15) is 31.2 Å². The maximum absolute atomic E-state index is 12.3. The van der Waals surface area contributed by atoms with Crippen LogP contribution < -0.4 is 5.32 Å². The SMILES string of the molecule is CC(C)CNC(=O)[C@@H]1CC(=O)N(C)[C@H]1c1cccs1. The Morgan fingerprint density at radius 1 is 1.58 bits per heavy atom. The van der Waals surface area contributed by atoms with Crippen molar-refractivity contribution in [2.24, 2.45) is 11.8 Å². The number of nitrogens with one attached hydrogen (secondary N) is 1. The molecule has 0 spiro atoms. The first-order valence-corrected chi connectivity index (χ1v) is 7.45. The van der Waals surface area contributed by atoms with E-state index in [9.17, 15) is 9.59 Å². The van der Waals surface area contributed by atoms with Crippen LogP contribution in [-0.2, 0) is 9.59 Å². The summed E-state index contributed by atoms with van der Waals surface area (Å²) >= 11 is 1.60. The Balaban J connectivity index is 2.14. The Kier molecular flexibility index (Phi) is 4.24. The second-order valence-electron chi connectivity index (χ2n) is 5.41. The van der Waals surface area contributed by atoms with Gasteiger partial charge in [0, 0.05) is 24.9 Å². The zero-order valence-corrected chi connectivity index (χ0v) is 12.4. The summed E-state index contributed by atoms with van der Waals surface area (Å²) in [6.45, 7) is 4.77. The first-order valence-electron chi connectivity index (χ1n) is 6.57. The predicted molar refractivity (Wildman–Crippen MR) is 75.8 cm³/mol. The summed E-state index contributed by atoms with van der Waals surface area (Å²) < 4.78 is 0. The molecule has 1 fully saturated rings. The highest BCUT2D eigenvalue weighted by Gasteiger charge is 2.42. The summed E-state index contributed by atoms with van der Waals surface area (Å²) in [5.74, 6) is 0.182. The minimum absolute atomic E-state index is 0.00944. The number of carbonyl (C=O) groups excluding carboxylic acids is 2. The maximum Gasteiger partial charge on any atom is 0.226 e. The molecular formula is C14H20N2O2S. The number of thiophene rings is 1. The molecule has 2 rings (SSSR count). The first kappa shape index (κ1) is 14.1. The van der Waals surface area contributed by atoms with E-state index in [1.54, 1.807) is 23.3 Å². The first-order chi connectivity index (χ1) is 9.00.